The van der Waals surface area contributed by atoms with Crippen LogP contribution in [0.25, 0.3) is 0 Å². The second-order valence-corrected chi connectivity index (χ2v) is 5.60. The smallest absolute Gasteiger partial charge is 0.337 e. The Labute approximate surface area is 118 Å². The van der Waals surface area contributed by atoms with Crippen molar-refractivity contribution in [2.45, 2.75) is 18.8 Å². The van der Waals surface area contributed by atoms with Gasteiger partial charge in [0.1, 0.15) is 0 Å². The van der Waals surface area contributed by atoms with Gasteiger partial charge in [-0.2, -0.15) is 0 Å². The van der Waals surface area contributed by atoms with Gasteiger partial charge >= 0.3 is 5.97 Å². The van der Waals surface area contributed by atoms with Crippen LogP contribution in [0, 0.1) is 0 Å². The van der Waals surface area contributed by atoms with E-state index in [9.17, 15) is 4.79 Å². The second kappa shape index (κ2) is 4.79. The number of hydrogen-bond donors (Lipinski definition) is 2. The molecule has 2 heterocycles. The molecule has 0 bridgehead atoms. The number of aromatic nitrogens is 2. The van der Waals surface area contributed by atoms with Gasteiger partial charge in [0.05, 0.1) is 16.3 Å². The molecule has 3 rings (SSSR count). The fraction of sp³-hybridized carbons (Fsp3) is 0.250. The van der Waals surface area contributed by atoms with Gasteiger partial charge in [0.25, 0.3) is 0 Å². The summed E-state index contributed by atoms with van der Waals surface area (Å²) >= 11 is 7.49. The van der Waals surface area contributed by atoms with Gasteiger partial charge in [-0.25, -0.2) is 14.8 Å². The van der Waals surface area contributed by atoms with Crippen LogP contribution in [-0.4, -0.2) is 21.0 Å². The summed E-state index contributed by atoms with van der Waals surface area (Å²) in [7, 11) is 0. The predicted molar refractivity (Wildman–Crippen MR) is 73.6 cm³/mol. The Morgan fingerprint density at radius 3 is 2.95 bits per heavy atom. The van der Waals surface area contributed by atoms with Crippen LogP contribution < -0.4 is 5.32 Å². The van der Waals surface area contributed by atoms with Crippen molar-refractivity contribution < 1.29 is 9.90 Å². The van der Waals surface area contributed by atoms with Crippen molar-refractivity contribution in [3.63, 3.8) is 0 Å². The molecule has 98 valence electrons. The highest BCUT2D eigenvalue weighted by Crippen LogP contribution is 2.41. The molecule has 2 aromatic rings. The average molecular weight is 296 g/mol. The van der Waals surface area contributed by atoms with Crippen LogP contribution in [0.2, 0.25) is 5.02 Å². The molecular weight excluding hydrogens is 286 g/mol. The summed E-state index contributed by atoms with van der Waals surface area (Å²) < 4.78 is 0. The van der Waals surface area contributed by atoms with Crippen molar-refractivity contribution in [2.75, 3.05) is 5.32 Å². The molecule has 0 amide bonds. The van der Waals surface area contributed by atoms with Gasteiger partial charge in [0, 0.05) is 17.5 Å². The van der Waals surface area contributed by atoms with Crippen LogP contribution in [0.5, 0.6) is 0 Å². The molecule has 1 aliphatic carbocycles. The number of anilines is 2. The summed E-state index contributed by atoms with van der Waals surface area (Å²) in [5.41, 5.74) is 1.17. The first-order chi connectivity index (χ1) is 9.13. The molecule has 0 spiro atoms. The van der Waals surface area contributed by atoms with Crippen LogP contribution in [0.15, 0.2) is 17.6 Å². The first kappa shape index (κ1) is 12.4. The molecule has 2 N–H and O–H groups in total. The highest BCUT2D eigenvalue weighted by molar-refractivity contribution is 7.13. The van der Waals surface area contributed by atoms with E-state index in [2.05, 4.69) is 15.3 Å². The Kier molecular flexibility index (Phi) is 3.12. The van der Waals surface area contributed by atoms with Crippen LogP contribution in [-0.2, 0) is 0 Å². The SMILES string of the molecule is O=C(O)c1cnc(Nc2nc(C3CC3)cs2)c(Cl)c1. The minimum absolute atomic E-state index is 0.0633. The topological polar surface area (TPSA) is 75.1 Å². The van der Waals surface area contributed by atoms with Crippen LogP contribution in [0.3, 0.4) is 0 Å². The number of carboxylic acids is 1. The van der Waals surface area contributed by atoms with Crippen molar-refractivity contribution in [2.24, 2.45) is 0 Å². The van der Waals surface area contributed by atoms with E-state index in [0.29, 0.717) is 11.7 Å². The molecule has 19 heavy (non-hydrogen) atoms. The molecule has 0 radical (unpaired) electrons. The molecule has 1 saturated carbocycles. The van der Waals surface area contributed by atoms with E-state index >= 15 is 0 Å². The minimum Gasteiger partial charge on any atom is -0.478 e. The molecule has 0 aliphatic heterocycles. The Hall–Kier alpha value is -1.66. The van der Waals surface area contributed by atoms with E-state index in [1.165, 1.54) is 36.4 Å². The number of nitrogens with zero attached hydrogens (tertiary/aromatic N) is 2. The van der Waals surface area contributed by atoms with Crippen molar-refractivity contribution in [3.8, 4) is 0 Å². The molecule has 5 nitrogen and oxygen atoms in total. The van der Waals surface area contributed by atoms with Gasteiger partial charge in [-0.05, 0) is 18.9 Å². The third-order valence-corrected chi connectivity index (χ3v) is 3.90. The number of aromatic carboxylic acids is 1. The lowest BCUT2D eigenvalue weighted by Gasteiger charge is -2.04. The number of pyridine rings is 1. The van der Waals surface area contributed by atoms with E-state index in [-0.39, 0.29) is 10.6 Å². The third-order valence-electron chi connectivity index (χ3n) is 2.83. The van der Waals surface area contributed by atoms with Crippen molar-refractivity contribution in [3.05, 3.63) is 33.9 Å². The fourth-order valence-electron chi connectivity index (χ4n) is 1.66. The van der Waals surface area contributed by atoms with E-state index < -0.39 is 5.97 Å². The molecule has 7 heteroatoms. The Bertz CT molecular complexity index is 640. The van der Waals surface area contributed by atoms with Crippen molar-refractivity contribution in [1.82, 2.24) is 9.97 Å². The van der Waals surface area contributed by atoms with Crippen molar-refractivity contribution >= 4 is 39.9 Å². The largest absolute Gasteiger partial charge is 0.478 e. The fourth-order valence-corrected chi connectivity index (χ4v) is 2.66. The quantitative estimate of drug-likeness (QED) is 0.903. The maximum atomic E-state index is 10.8. The first-order valence-electron chi connectivity index (χ1n) is 5.75. The Balaban J connectivity index is 1.79. The number of carbonyl (C=O) groups is 1. The Morgan fingerprint density at radius 1 is 1.53 bits per heavy atom. The predicted octanol–water partition coefficient (Wildman–Crippen LogP) is 3.51. The molecule has 2 aromatic heterocycles. The zero-order chi connectivity index (χ0) is 13.4. The summed E-state index contributed by atoms with van der Waals surface area (Å²) in [4.78, 5) is 19.2. The highest BCUT2D eigenvalue weighted by Gasteiger charge is 2.26. The van der Waals surface area contributed by atoms with Gasteiger partial charge in [0.2, 0.25) is 0 Å². The minimum atomic E-state index is -1.05. The first-order valence-corrected chi connectivity index (χ1v) is 7.00. The summed E-state index contributed by atoms with van der Waals surface area (Å²) in [5.74, 6) is -0.0285. The molecule has 0 saturated heterocycles. The molecular formula is C12H10ClN3O2S. The molecule has 0 aromatic carbocycles. The second-order valence-electron chi connectivity index (χ2n) is 4.34. The lowest BCUT2D eigenvalue weighted by Crippen LogP contribution is -2.00. The zero-order valence-corrected chi connectivity index (χ0v) is 11.3. The summed E-state index contributed by atoms with van der Waals surface area (Å²) in [6, 6.07) is 1.37. The van der Waals surface area contributed by atoms with Crippen LogP contribution >= 0.6 is 22.9 Å². The number of rotatable bonds is 4. The number of nitrogens with one attached hydrogen (secondary N) is 1. The summed E-state index contributed by atoms with van der Waals surface area (Å²) in [6.45, 7) is 0. The lowest BCUT2D eigenvalue weighted by atomic mass is 10.3. The van der Waals surface area contributed by atoms with Crippen LogP contribution in [0.1, 0.15) is 34.8 Å². The summed E-state index contributed by atoms with van der Waals surface area (Å²) in [6.07, 6.45) is 3.68. The Morgan fingerprint density at radius 2 is 2.32 bits per heavy atom. The summed E-state index contributed by atoms with van der Waals surface area (Å²) in [5, 5.41) is 14.9. The number of thiazole rings is 1. The van der Waals surface area contributed by atoms with Gasteiger partial charge < -0.3 is 10.4 Å². The molecule has 0 atom stereocenters. The lowest BCUT2D eigenvalue weighted by molar-refractivity contribution is 0.0696. The van der Waals surface area contributed by atoms with E-state index in [0.717, 1.165) is 10.8 Å². The zero-order valence-electron chi connectivity index (χ0n) is 9.76. The number of halogens is 1. The average Bonchev–Trinajstić information content (AvgIpc) is 3.12. The van der Waals surface area contributed by atoms with Crippen molar-refractivity contribution in [1.29, 1.82) is 0 Å². The standard InChI is InChI=1S/C12H10ClN3O2S/c13-8-3-7(11(17)18)4-14-10(8)16-12-15-9(5-19-12)6-1-2-6/h3-6H,1-2H2,(H,17,18)(H,14,15,16). The molecule has 1 aliphatic rings. The monoisotopic (exact) mass is 295 g/mol. The van der Waals surface area contributed by atoms with E-state index in [1.807, 2.05) is 5.38 Å². The number of hydrogen-bond acceptors (Lipinski definition) is 5. The van der Waals surface area contributed by atoms with Gasteiger partial charge in [0.15, 0.2) is 10.9 Å². The normalized spacial score (nSPS) is 14.4. The highest BCUT2D eigenvalue weighted by atomic mass is 35.5. The van der Waals surface area contributed by atoms with Gasteiger partial charge in [-0.3, -0.25) is 0 Å². The number of carboxylic acid groups (broad SMARTS) is 1. The molecule has 1 fully saturated rings. The van der Waals surface area contributed by atoms with Crippen LogP contribution in [0.4, 0.5) is 10.9 Å². The van der Waals surface area contributed by atoms with Gasteiger partial charge in [-0.15, -0.1) is 11.3 Å². The maximum Gasteiger partial charge on any atom is 0.337 e. The van der Waals surface area contributed by atoms with E-state index in [4.69, 9.17) is 16.7 Å². The maximum absolute atomic E-state index is 10.8. The van der Waals surface area contributed by atoms with E-state index in [1.54, 1.807) is 0 Å². The molecule has 0 unspecified atom stereocenters. The third kappa shape index (κ3) is 2.69. The van der Waals surface area contributed by atoms with Gasteiger partial charge in [-0.1, -0.05) is 11.6 Å².